The van der Waals surface area contributed by atoms with Crippen molar-refractivity contribution in [3.05, 3.63) is 0 Å². The smallest absolute Gasteiger partial charge is 0.371 e. The number of hydrogen-bond acceptors (Lipinski definition) is 3. The molecule has 0 heterocycles. The Bertz CT molecular complexity index is 235. The van der Waals surface area contributed by atoms with E-state index in [2.05, 4.69) is 20.8 Å². The quantitative estimate of drug-likeness (QED) is 0.409. The first-order chi connectivity index (χ1) is 7.04. The lowest BCUT2D eigenvalue weighted by atomic mass is 9.75. The molecule has 3 nitrogen and oxygen atoms in total. The SMILES string of the molecule is CC(C)[C@@H]1CC[C@@H](C)CC1OC(=O)C=O. The van der Waals surface area contributed by atoms with E-state index in [4.69, 9.17) is 4.74 Å². The molecular weight excluding hydrogens is 192 g/mol. The molecule has 0 aromatic rings. The number of carbonyl (C=O) groups excluding carboxylic acids is 2. The summed E-state index contributed by atoms with van der Waals surface area (Å²) in [7, 11) is 0. The van der Waals surface area contributed by atoms with Gasteiger partial charge in [-0.3, -0.25) is 4.79 Å². The fraction of sp³-hybridized carbons (Fsp3) is 0.833. The van der Waals surface area contributed by atoms with E-state index in [-0.39, 0.29) is 12.4 Å². The molecule has 3 heteroatoms. The maximum atomic E-state index is 11.0. The monoisotopic (exact) mass is 212 g/mol. The molecule has 0 aromatic carbocycles. The van der Waals surface area contributed by atoms with Crippen LogP contribution >= 0.6 is 0 Å². The molecule has 15 heavy (non-hydrogen) atoms. The zero-order valence-electron chi connectivity index (χ0n) is 9.73. The van der Waals surface area contributed by atoms with Crippen molar-refractivity contribution < 1.29 is 14.3 Å². The highest BCUT2D eigenvalue weighted by molar-refractivity contribution is 6.20. The summed E-state index contributed by atoms with van der Waals surface area (Å²) in [5.41, 5.74) is 0. The van der Waals surface area contributed by atoms with Crippen molar-refractivity contribution in [1.82, 2.24) is 0 Å². The minimum Gasteiger partial charge on any atom is -0.457 e. The Balaban J connectivity index is 2.61. The van der Waals surface area contributed by atoms with Gasteiger partial charge in [0, 0.05) is 0 Å². The van der Waals surface area contributed by atoms with E-state index >= 15 is 0 Å². The van der Waals surface area contributed by atoms with Crippen molar-refractivity contribution in [2.24, 2.45) is 17.8 Å². The minimum atomic E-state index is -0.722. The van der Waals surface area contributed by atoms with Gasteiger partial charge in [-0.05, 0) is 30.6 Å². The molecule has 1 aliphatic rings. The molecule has 1 fully saturated rings. The Morgan fingerprint density at radius 3 is 2.60 bits per heavy atom. The van der Waals surface area contributed by atoms with Gasteiger partial charge in [-0.15, -0.1) is 0 Å². The van der Waals surface area contributed by atoms with Gasteiger partial charge in [-0.2, -0.15) is 0 Å². The van der Waals surface area contributed by atoms with E-state index in [1.165, 1.54) is 6.42 Å². The van der Waals surface area contributed by atoms with Gasteiger partial charge in [0.25, 0.3) is 0 Å². The van der Waals surface area contributed by atoms with Gasteiger partial charge in [0.2, 0.25) is 6.29 Å². The van der Waals surface area contributed by atoms with Crippen molar-refractivity contribution in [3.8, 4) is 0 Å². The number of hydrogen-bond donors (Lipinski definition) is 0. The molecule has 1 rings (SSSR count). The summed E-state index contributed by atoms with van der Waals surface area (Å²) in [6.07, 6.45) is 3.37. The van der Waals surface area contributed by atoms with Gasteiger partial charge in [0.1, 0.15) is 6.10 Å². The van der Waals surface area contributed by atoms with Crippen LogP contribution in [0, 0.1) is 17.8 Å². The molecule has 0 aliphatic heterocycles. The predicted molar refractivity (Wildman–Crippen MR) is 57.3 cm³/mol. The van der Waals surface area contributed by atoms with Gasteiger partial charge in [-0.1, -0.05) is 27.2 Å². The standard InChI is InChI=1S/C12H20O3/c1-8(2)10-5-4-9(3)6-11(10)15-12(14)7-13/h7-11H,4-6H2,1-3H3/t9-,10+,11?/m1/s1. The predicted octanol–water partition coefficient (Wildman–Crippen LogP) is 2.19. The van der Waals surface area contributed by atoms with Crippen LogP contribution < -0.4 is 0 Å². The summed E-state index contributed by atoms with van der Waals surface area (Å²) >= 11 is 0. The summed E-state index contributed by atoms with van der Waals surface area (Å²) < 4.78 is 5.18. The molecule has 1 saturated carbocycles. The van der Waals surface area contributed by atoms with Crippen LogP contribution in [0.3, 0.4) is 0 Å². The largest absolute Gasteiger partial charge is 0.457 e. The lowest BCUT2D eigenvalue weighted by molar-refractivity contribution is -0.158. The minimum absolute atomic E-state index is 0.0635. The maximum Gasteiger partial charge on any atom is 0.371 e. The van der Waals surface area contributed by atoms with Crippen LogP contribution in [0.1, 0.15) is 40.0 Å². The number of carbonyl (C=O) groups is 2. The van der Waals surface area contributed by atoms with Gasteiger partial charge in [0.05, 0.1) is 0 Å². The summed E-state index contributed by atoms with van der Waals surface area (Å²) in [4.78, 5) is 21.2. The number of ether oxygens (including phenoxy) is 1. The van der Waals surface area contributed by atoms with Gasteiger partial charge >= 0.3 is 5.97 Å². The Hall–Kier alpha value is -0.860. The van der Waals surface area contributed by atoms with E-state index in [0.29, 0.717) is 17.8 Å². The van der Waals surface area contributed by atoms with Crippen LogP contribution in [0.25, 0.3) is 0 Å². The average molecular weight is 212 g/mol. The van der Waals surface area contributed by atoms with Crippen LogP contribution in [-0.4, -0.2) is 18.4 Å². The maximum absolute atomic E-state index is 11.0. The fourth-order valence-corrected chi connectivity index (χ4v) is 2.43. The van der Waals surface area contributed by atoms with E-state index in [9.17, 15) is 9.59 Å². The van der Waals surface area contributed by atoms with Crippen LogP contribution in [0.15, 0.2) is 0 Å². The molecule has 0 N–H and O–H groups in total. The van der Waals surface area contributed by atoms with E-state index in [1.54, 1.807) is 0 Å². The van der Waals surface area contributed by atoms with E-state index in [1.807, 2.05) is 0 Å². The summed E-state index contributed by atoms with van der Waals surface area (Å²) in [6, 6.07) is 0. The second-order valence-electron chi connectivity index (χ2n) is 4.92. The molecule has 0 amide bonds. The fourth-order valence-electron chi connectivity index (χ4n) is 2.43. The molecule has 0 spiro atoms. The normalized spacial score (nSPS) is 31.3. The first kappa shape index (κ1) is 12.2. The molecule has 0 bridgehead atoms. The molecule has 86 valence electrons. The van der Waals surface area contributed by atoms with Crippen LogP contribution in [-0.2, 0) is 14.3 Å². The number of rotatable bonds is 3. The molecule has 0 aromatic heterocycles. The Morgan fingerprint density at radius 2 is 2.07 bits per heavy atom. The third-order valence-corrected chi connectivity index (χ3v) is 3.33. The number of esters is 1. The van der Waals surface area contributed by atoms with Crippen molar-refractivity contribution in [1.29, 1.82) is 0 Å². The second-order valence-corrected chi connectivity index (χ2v) is 4.92. The summed E-state index contributed by atoms with van der Waals surface area (Å²) in [5, 5.41) is 0. The third kappa shape index (κ3) is 3.33. The Kier molecular flexibility index (Phi) is 4.30. The van der Waals surface area contributed by atoms with Crippen LogP contribution in [0.4, 0.5) is 0 Å². The van der Waals surface area contributed by atoms with E-state index < -0.39 is 5.97 Å². The summed E-state index contributed by atoms with van der Waals surface area (Å²) in [6.45, 7) is 6.45. The third-order valence-electron chi connectivity index (χ3n) is 3.33. The summed E-state index contributed by atoms with van der Waals surface area (Å²) in [5.74, 6) is 0.774. The molecule has 0 saturated heterocycles. The van der Waals surface area contributed by atoms with Crippen molar-refractivity contribution in [2.75, 3.05) is 0 Å². The first-order valence-electron chi connectivity index (χ1n) is 5.70. The highest BCUT2D eigenvalue weighted by Crippen LogP contribution is 2.35. The lowest BCUT2D eigenvalue weighted by Crippen LogP contribution is -2.36. The molecular formula is C12H20O3. The van der Waals surface area contributed by atoms with Gasteiger partial charge in [-0.25, -0.2) is 4.79 Å². The lowest BCUT2D eigenvalue weighted by Gasteiger charge is -2.36. The molecule has 1 unspecified atom stereocenters. The molecule has 3 atom stereocenters. The van der Waals surface area contributed by atoms with E-state index in [0.717, 1.165) is 12.8 Å². The van der Waals surface area contributed by atoms with Crippen molar-refractivity contribution in [2.45, 2.75) is 46.1 Å². The van der Waals surface area contributed by atoms with Gasteiger partial charge in [0.15, 0.2) is 0 Å². The molecule has 0 radical (unpaired) electrons. The Morgan fingerprint density at radius 1 is 1.40 bits per heavy atom. The molecule has 1 aliphatic carbocycles. The van der Waals surface area contributed by atoms with Crippen LogP contribution in [0.5, 0.6) is 0 Å². The topological polar surface area (TPSA) is 43.4 Å². The van der Waals surface area contributed by atoms with Gasteiger partial charge < -0.3 is 4.74 Å². The zero-order valence-corrected chi connectivity index (χ0v) is 9.73. The van der Waals surface area contributed by atoms with Crippen molar-refractivity contribution >= 4 is 12.3 Å². The highest BCUT2D eigenvalue weighted by Gasteiger charge is 2.33. The van der Waals surface area contributed by atoms with Crippen LogP contribution in [0.2, 0.25) is 0 Å². The first-order valence-corrected chi connectivity index (χ1v) is 5.70. The number of aldehydes is 1. The highest BCUT2D eigenvalue weighted by atomic mass is 16.5. The Labute approximate surface area is 91.2 Å². The van der Waals surface area contributed by atoms with Crippen molar-refractivity contribution in [3.63, 3.8) is 0 Å². The second kappa shape index (κ2) is 5.29. The average Bonchev–Trinajstić information content (AvgIpc) is 2.17. The zero-order chi connectivity index (χ0) is 11.4.